The van der Waals surface area contributed by atoms with Crippen molar-refractivity contribution in [1.29, 1.82) is 0 Å². The number of amides is 1. The van der Waals surface area contributed by atoms with Gasteiger partial charge in [-0.25, -0.2) is 0 Å². The van der Waals surface area contributed by atoms with Gasteiger partial charge in [-0.15, -0.1) is 0 Å². The Kier molecular flexibility index (Phi) is 5.20. The smallest absolute Gasteiger partial charge is 0.376 e. The average Bonchev–Trinajstić information content (AvgIpc) is 2.37. The van der Waals surface area contributed by atoms with Crippen LogP contribution in [0.25, 0.3) is 0 Å². The molecule has 19 heavy (non-hydrogen) atoms. The molecule has 0 aromatic heterocycles. The average molecular weight is 274 g/mol. The van der Waals surface area contributed by atoms with Crippen molar-refractivity contribution in [1.82, 2.24) is 4.90 Å². The van der Waals surface area contributed by atoms with Crippen LogP contribution < -0.4 is 5.32 Å². The number of nitrogens with one attached hydrogen (secondary N) is 1. The van der Waals surface area contributed by atoms with Crippen molar-refractivity contribution in [3.05, 3.63) is 29.8 Å². The molecule has 0 heterocycles. The zero-order chi connectivity index (χ0) is 14.5. The Bertz CT molecular complexity index is 428. The number of benzene rings is 1. The summed E-state index contributed by atoms with van der Waals surface area (Å²) in [6, 6.07) is 5.13. The second-order valence-corrected chi connectivity index (χ2v) is 3.96. The van der Waals surface area contributed by atoms with Crippen LogP contribution in [0.1, 0.15) is 19.4 Å². The molecule has 0 saturated heterocycles. The molecule has 0 aliphatic heterocycles. The van der Waals surface area contributed by atoms with Crippen molar-refractivity contribution in [3.8, 4) is 0 Å². The van der Waals surface area contributed by atoms with Gasteiger partial charge in [-0.3, -0.25) is 4.79 Å². The first kappa shape index (κ1) is 15.3. The third-order valence-corrected chi connectivity index (χ3v) is 2.78. The van der Waals surface area contributed by atoms with Crippen molar-refractivity contribution in [2.24, 2.45) is 0 Å². The van der Waals surface area contributed by atoms with Crippen LogP contribution in [0.3, 0.4) is 0 Å². The van der Waals surface area contributed by atoms with E-state index in [2.05, 4.69) is 5.32 Å². The maximum absolute atomic E-state index is 12.7. The highest BCUT2D eigenvalue weighted by molar-refractivity contribution is 5.81. The molecule has 0 saturated carbocycles. The Hall–Kier alpha value is -1.72. The van der Waals surface area contributed by atoms with Gasteiger partial charge in [0.15, 0.2) is 0 Å². The van der Waals surface area contributed by atoms with Gasteiger partial charge in [-0.05, 0) is 26.0 Å². The SMILES string of the molecule is CCN(CC)C(=O)CNc1ccccc1C(F)(F)F. The summed E-state index contributed by atoms with van der Waals surface area (Å²) in [4.78, 5) is 13.3. The molecule has 1 amide bonds. The minimum absolute atomic E-state index is 0.0736. The van der Waals surface area contributed by atoms with Crippen LogP contribution in [0.15, 0.2) is 24.3 Å². The predicted octanol–water partition coefficient (Wildman–Crippen LogP) is 2.99. The molecule has 106 valence electrons. The van der Waals surface area contributed by atoms with Crippen LogP contribution >= 0.6 is 0 Å². The quantitative estimate of drug-likeness (QED) is 0.895. The van der Waals surface area contributed by atoms with E-state index in [4.69, 9.17) is 0 Å². The Morgan fingerprint density at radius 1 is 1.21 bits per heavy atom. The molecule has 0 unspecified atom stereocenters. The van der Waals surface area contributed by atoms with E-state index in [0.29, 0.717) is 13.1 Å². The topological polar surface area (TPSA) is 32.3 Å². The minimum Gasteiger partial charge on any atom is -0.376 e. The molecule has 0 fully saturated rings. The fourth-order valence-corrected chi connectivity index (χ4v) is 1.74. The standard InChI is InChI=1S/C13H17F3N2O/c1-3-18(4-2)12(19)9-17-11-8-6-5-7-10(11)13(14,15)16/h5-8,17H,3-4,9H2,1-2H3. The first-order chi connectivity index (χ1) is 8.90. The number of carbonyl (C=O) groups is 1. The fourth-order valence-electron chi connectivity index (χ4n) is 1.74. The summed E-state index contributed by atoms with van der Waals surface area (Å²) in [5, 5.41) is 2.56. The number of anilines is 1. The number of likely N-dealkylation sites (N-methyl/N-ethyl adjacent to an activating group) is 1. The Morgan fingerprint density at radius 3 is 2.32 bits per heavy atom. The molecule has 1 aromatic carbocycles. The first-order valence-electron chi connectivity index (χ1n) is 6.08. The molecule has 0 aliphatic rings. The summed E-state index contributed by atoms with van der Waals surface area (Å²) >= 11 is 0. The van der Waals surface area contributed by atoms with Crippen molar-refractivity contribution in [2.45, 2.75) is 20.0 Å². The summed E-state index contributed by atoms with van der Waals surface area (Å²) < 4.78 is 38.2. The molecule has 1 rings (SSSR count). The summed E-state index contributed by atoms with van der Waals surface area (Å²) in [6.07, 6.45) is -4.43. The summed E-state index contributed by atoms with van der Waals surface area (Å²) in [6.45, 7) is 4.58. The number of hydrogen-bond acceptors (Lipinski definition) is 2. The Morgan fingerprint density at radius 2 is 1.79 bits per heavy atom. The molecule has 0 radical (unpaired) electrons. The van der Waals surface area contributed by atoms with Gasteiger partial charge in [0.05, 0.1) is 12.1 Å². The Labute approximate surface area is 110 Å². The molecule has 1 aromatic rings. The van der Waals surface area contributed by atoms with E-state index < -0.39 is 11.7 Å². The van der Waals surface area contributed by atoms with Crippen LogP contribution in [-0.4, -0.2) is 30.4 Å². The monoisotopic (exact) mass is 274 g/mol. The number of carbonyl (C=O) groups excluding carboxylic acids is 1. The summed E-state index contributed by atoms with van der Waals surface area (Å²) in [5.41, 5.74) is -0.835. The lowest BCUT2D eigenvalue weighted by molar-refractivity contribution is -0.137. The van der Waals surface area contributed by atoms with Gasteiger partial charge in [0, 0.05) is 18.8 Å². The molecule has 1 N–H and O–H groups in total. The van der Waals surface area contributed by atoms with Crippen LogP contribution in [-0.2, 0) is 11.0 Å². The van der Waals surface area contributed by atoms with E-state index in [1.54, 1.807) is 4.90 Å². The van der Waals surface area contributed by atoms with E-state index in [1.165, 1.54) is 18.2 Å². The van der Waals surface area contributed by atoms with Crippen molar-refractivity contribution in [2.75, 3.05) is 25.0 Å². The van der Waals surface area contributed by atoms with Crippen LogP contribution in [0.5, 0.6) is 0 Å². The Balaban J connectivity index is 2.76. The molecule has 0 aliphatic carbocycles. The number of alkyl halides is 3. The third kappa shape index (κ3) is 4.15. The van der Waals surface area contributed by atoms with Crippen molar-refractivity contribution < 1.29 is 18.0 Å². The van der Waals surface area contributed by atoms with Crippen LogP contribution in [0.4, 0.5) is 18.9 Å². The molecule has 3 nitrogen and oxygen atoms in total. The molecular formula is C13H17F3N2O. The molecule has 0 spiro atoms. The van der Waals surface area contributed by atoms with Gasteiger partial charge < -0.3 is 10.2 Å². The number of para-hydroxylation sites is 1. The zero-order valence-electron chi connectivity index (χ0n) is 10.9. The maximum atomic E-state index is 12.7. The van der Waals surface area contributed by atoms with E-state index in [9.17, 15) is 18.0 Å². The highest BCUT2D eigenvalue weighted by Crippen LogP contribution is 2.34. The first-order valence-corrected chi connectivity index (χ1v) is 6.08. The minimum atomic E-state index is -4.43. The van der Waals surface area contributed by atoms with Crippen molar-refractivity contribution >= 4 is 11.6 Å². The largest absolute Gasteiger partial charge is 0.418 e. The van der Waals surface area contributed by atoms with Gasteiger partial charge >= 0.3 is 6.18 Å². The van der Waals surface area contributed by atoms with Gasteiger partial charge in [-0.1, -0.05) is 12.1 Å². The second kappa shape index (κ2) is 6.45. The van der Waals surface area contributed by atoms with Gasteiger partial charge in [0.25, 0.3) is 0 Å². The highest BCUT2D eigenvalue weighted by Gasteiger charge is 2.33. The van der Waals surface area contributed by atoms with Gasteiger partial charge in [0.1, 0.15) is 0 Å². The molecule has 0 atom stereocenters. The van der Waals surface area contributed by atoms with Crippen LogP contribution in [0, 0.1) is 0 Å². The van der Waals surface area contributed by atoms with E-state index in [0.717, 1.165) is 6.07 Å². The predicted molar refractivity (Wildman–Crippen MR) is 67.9 cm³/mol. The molecular weight excluding hydrogens is 257 g/mol. The van der Waals surface area contributed by atoms with Crippen LogP contribution in [0.2, 0.25) is 0 Å². The zero-order valence-corrected chi connectivity index (χ0v) is 10.9. The lowest BCUT2D eigenvalue weighted by Crippen LogP contribution is -2.35. The lowest BCUT2D eigenvalue weighted by Gasteiger charge is -2.20. The number of nitrogens with zero attached hydrogens (tertiary/aromatic N) is 1. The number of hydrogen-bond donors (Lipinski definition) is 1. The summed E-state index contributed by atoms with van der Waals surface area (Å²) in [5.74, 6) is -0.220. The summed E-state index contributed by atoms with van der Waals surface area (Å²) in [7, 11) is 0. The number of rotatable bonds is 5. The second-order valence-electron chi connectivity index (χ2n) is 3.96. The lowest BCUT2D eigenvalue weighted by atomic mass is 10.1. The highest BCUT2D eigenvalue weighted by atomic mass is 19.4. The third-order valence-electron chi connectivity index (χ3n) is 2.78. The molecule has 6 heteroatoms. The number of halogens is 3. The normalized spacial score (nSPS) is 11.2. The van der Waals surface area contributed by atoms with E-state index >= 15 is 0 Å². The van der Waals surface area contributed by atoms with Gasteiger partial charge in [-0.2, -0.15) is 13.2 Å². The maximum Gasteiger partial charge on any atom is 0.418 e. The van der Waals surface area contributed by atoms with Gasteiger partial charge in [0.2, 0.25) is 5.91 Å². The van der Waals surface area contributed by atoms with E-state index in [1.807, 2.05) is 13.8 Å². The van der Waals surface area contributed by atoms with E-state index in [-0.39, 0.29) is 18.1 Å². The molecule has 0 bridgehead atoms. The fraction of sp³-hybridized carbons (Fsp3) is 0.462. The van der Waals surface area contributed by atoms with Crippen molar-refractivity contribution in [3.63, 3.8) is 0 Å².